The number of halogens is 1. The number of nitrogens with zero attached hydrogens (tertiary/aromatic N) is 4. The fourth-order valence-corrected chi connectivity index (χ4v) is 2.17. The molecule has 25 heavy (non-hydrogen) atoms. The molecule has 2 heterocycles. The van der Waals surface area contributed by atoms with Crippen LogP contribution in [0, 0.1) is 0 Å². The number of aromatic carboxylic acids is 2. The van der Waals surface area contributed by atoms with Crippen molar-refractivity contribution in [1.82, 2.24) is 19.6 Å². The fraction of sp³-hybridized carbons (Fsp3) is 0.500. The SMILES string of the molecule is CC(C)(C)n1cc(C(=O)O)cn1.CC(C)(C)n1ncc(C(=O)O)c1Cl. The van der Waals surface area contributed by atoms with Gasteiger partial charge in [-0.1, -0.05) is 11.6 Å². The van der Waals surface area contributed by atoms with E-state index in [0.29, 0.717) is 0 Å². The molecule has 0 aliphatic heterocycles. The van der Waals surface area contributed by atoms with E-state index in [4.69, 9.17) is 21.8 Å². The van der Waals surface area contributed by atoms with Crippen LogP contribution in [0.3, 0.4) is 0 Å². The van der Waals surface area contributed by atoms with Crippen molar-refractivity contribution in [2.75, 3.05) is 0 Å². The molecular weight excluding hydrogens is 348 g/mol. The van der Waals surface area contributed by atoms with Gasteiger partial charge in [0, 0.05) is 6.20 Å². The summed E-state index contributed by atoms with van der Waals surface area (Å²) in [4.78, 5) is 21.1. The molecule has 9 heteroatoms. The molecule has 0 saturated carbocycles. The second kappa shape index (κ2) is 7.26. The third-order valence-corrected chi connectivity index (χ3v) is 3.46. The Kier molecular flexibility index (Phi) is 6.01. The highest BCUT2D eigenvalue weighted by atomic mass is 35.5. The molecule has 138 valence electrons. The summed E-state index contributed by atoms with van der Waals surface area (Å²) in [6.45, 7) is 11.6. The Morgan fingerprint density at radius 2 is 1.52 bits per heavy atom. The zero-order valence-electron chi connectivity index (χ0n) is 15.1. The predicted octanol–water partition coefficient (Wildman–Crippen LogP) is 3.33. The molecule has 2 rings (SSSR count). The second-order valence-electron chi connectivity index (χ2n) is 7.39. The topological polar surface area (TPSA) is 110 Å². The van der Waals surface area contributed by atoms with Crippen molar-refractivity contribution >= 4 is 23.5 Å². The first-order valence-corrected chi connectivity index (χ1v) is 7.88. The lowest BCUT2D eigenvalue weighted by molar-refractivity contribution is 0.0686. The predicted molar refractivity (Wildman–Crippen MR) is 93.4 cm³/mol. The number of carboxylic acid groups (broad SMARTS) is 2. The summed E-state index contributed by atoms with van der Waals surface area (Å²) in [5.41, 5.74) is -0.195. The molecule has 0 saturated heterocycles. The molecule has 0 amide bonds. The van der Waals surface area contributed by atoms with Crippen LogP contribution in [0.2, 0.25) is 5.15 Å². The monoisotopic (exact) mass is 370 g/mol. The average Bonchev–Trinajstić information content (AvgIpc) is 3.03. The van der Waals surface area contributed by atoms with Crippen molar-refractivity contribution in [3.63, 3.8) is 0 Å². The summed E-state index contributed by atoms with van der Waals surface area (Å²) in [5.74, 6) is -1.99. The number of hydrogen-bond acceptors (Lipinski definition) is 4. The summed E-state index contributed by atoms with van der Waals surface area (Å²) in [7, 11) is 0. The first-order chi connectivity index (χ1) is 11.2. The second-order valence-corrected chi connectivity index (χ2v) is 7.74. The van der Waals surface area contributed by atoms with E-state index in [9.17, 15) is 9.59 Å². The highest BCUT2D eigenvalue weighted by molar-refractivity contribution is 6.32. The minimum absolute atomic E-state index is 0.0385. The van der Waals surface area contributed by atoms with Crippen molar-refractivity contribution in [1.29, 1.82) is 0 Å². The first kappa shape index (κ1) is 20.7. The van der Waals surface area contributed by atoms with Crippen LogP contribution < -0.4 is 0 Å². The molecule has 0 fully saturated rings. The van der Waals surface area contributed by atoms with Crippen LogP contribution in [0.5, 0.6) is 0 Å². The van der Waals surface area contributed by atoms with Crippen molar-refractivity contribution in [2.45, 2.75) is 52.6 Å². The maximum absolute atomic E-state index is 10.6. The van der Waals surface area contributed by atoms with Gasteiger partial charge in [-0.3, -0.25) is 4.68 Å². The van der Waals surface area contributed by atoms with Crippen LogP contribution in [-0.4, -0.2) is 41.7 Å². The van der Waals surface area contributed by atoms with Crippen LogP contribution in [0.25, 0.3) is 0 Å². The zero-order chi connectivity index (χ0) is 19.6. The Balaban J connectivity index is 0.000000251. The minimum atomic E-state index is -1.06. The van der Waals surface area contributed by atoms with Crippen LogP contribution in [0.15, 0.2) is 18.6 Å². The maximum Gasteiger partial charge on any atom is 0.340 e. The number of aromatic nitrogens is 4. The van der Waals surface area contributed by atoms with Gasteiger partial charge in [0.1, 0.15) is 10.7 Å². The molecule has 2 aromatic heterocycles. The van der Waals surface area contributed by atoms with Gasteiger partial charge in [0.25, 0.3) is 0 Å². The Morgan fingerprint density at radius 3 is 1.76 bits per heavy atom. The fourth-order valence-electron chi connectivity index (χ4n) is 1.74. The third kappa shape index (κ3) is 5.32. The number of carbonyl (C=O) groups is 2. The Morgan fingerprint density at radius 1 is 0.960 bits per heavy atom. The highest BCUT2D eigenvalue weighted by Gasteiger charge is 2.22. The molecule has 2 aromatic rings. The maximum atomic E-state index is 10.6. The third-order valence-electron chi connectivity index (χ3n) is 3.09. The van der Waals surface area contributed by atoms with Crippen LogP contribution in [0.4, 0.5) is 0 Å². The van der Waals surface area contributed by atoms with Gasteiger partial charge in [-0.2, -0.15) is 10.2 Å². The molecule has 0 aliphatic carbocycles. The van der Waals surface area contributed by atoms with E-state index >= 15 is 0 Å². The van der Waals surface area contributed by atoms with Crippen LogP contribution >= 0.6 is 11.6 Å². The van der Waals surface area contributed by atoms with Gasteiger partial charge in [-0.05, 0) is 41.5 Å². The summed E-state index contributed by atoms with van der Waals surface area (Å²) in [6, 6.07) is 0. The van der Waals surface area contributed by atoms with E-state index in [1.54, 1.807) is 4.68 Å². The van der Waals surface area contributed by atoms with Crippen LogP contribution in [0.1, 0.15) is 62.3 Å². The number of carboxylic acids is 2. The summed E-state index contributed by atoms with van der Waals surface area (Å²) < 4.78 is 3.12. The van der Waals surface area contributed by atoms with E-state index in [-0.39, 0.29) is 27.4 Å². The molecule has 8 nitrogen and oxygen atoms in total. The van der Waals surface area contributed by atoms with Crippen LogP contribution in [-0.2, 0) is 11.1 Å². The normalized spacial score (nSPS) is 11.6. The smallest absolute Gasteiger partial charge is 0.340 e. The average molecular weight is 371 g/mol. The molecule has 0 spiro atoms. The highest BCUT2D eigenvalue weighted by Crippen LogP contribution is 2.23. The van der Waals surface area contributed by atoms with Gasteiger partial charge < -0.3 is 10.2 Å². The first-order valence-electron chi connectivity index (χ1n) is 7.51. The molecule has 0 atom stereocenters. The minimum Gasteiger partial charge on any atom is -0.478 e. The molecule has 0 unspecified atom stereocenters. The standard InChI is InChI=1S/C8H11ClN2O2.C8H12N2O2/c1-8(2,3)11-6(9)5(4-10-11)7(12)13;1-8(2,3)10-5-6(4-9-10)7(11)12/h4H,1-3H3,(H,12,13);4-5H,1-3H3,(H,11,12). The molecule has 0 radical (unpaired) electrons. The molecule has 2 N–H and O–H groups in total. The Bertz CT molecular complexity index is 766. The van der Waals surface area contributed by atoms with E-state index in [2.05, 4.69) is 10.2 Å². The van der Waals surface area contributed by atoms with Crippen molar-refractivity contribution in [2.24, 2.45) is 0 Å². The molecular formula is C16H23ClN4O4. The Hall–Kier alpha value is -2.35. The molecule has 0 bridgehead atoms. The zero-order valence-corrected chi connectivity index (χ0v) is 15.9. The summed E-state index contributed by atoms with van der Waals surface area (Å²) >= 11 is 5.82. The van der Waals surface area contributed by atoms with Gasteiger partial charge in [-0.15, -0.1) is 0 Å². The Labute approximate surface area is 151 Å². The lowest BCUT2D eigenvalue weighted by atomic mass is 10.1. The lowest BCUT2D eigenvalue weighted by Gasteiger charge is -2.20. The van der Waals surface area contributed by atoms with Gasteiger partial charge in [0.05, 0.1) is 29.0 Å². The quantitative estimate of drug-likeness (QED) is 0.838. The summed E-state index contributed by atoms with van der Waals surface area (Å²) in [6.07, 6.45) is 4.14. The molecule has 0 aliphatic rings. The van der Waals surface area contributed by atoms with E-state index in [1.165, 1.54) is 23.3 Å². The van der Waals surface area contributed by atoms with Crippen molar-refractivity contribution < 1.29 is 19.8 Å². The number of rotatable bonds is 2. The van der Waals surface area contributed by atoms with E-state index in [0.717, 1.165) is 0 Å². The van der Waals surface area contributed by atoms with E-state index in [1.807, 2.05) is 41.5 Å². The van der Waals surface area contributed by atoms with E-state index < -0.39 is 11.9 Å². The lowest BCUT2D eigenvalue weighted by Crippen LogP contribution is -2.23. The van der Waals surface area contributed by atoms with Gasteiger partial charge >= 0.3 is 11.9 Å². The summed E-state index contributed by atoms with van der Waals surface area (Å²) in [5, 5.41) is 25.3. The largest absolute Gasteiger partial charge is 0.478 e. The van der Waals surface area contributed by atoms with Crippen molar-refractivity contribution in [3.8, 4) is 0 Å². The van der Waals surface area contributed by atoms with Gasteiger partial charge in [-0.25, -0.2) is 14.3 Å². The van der Waals surface area contributed by atoms with Gasteiger partial charge in [0.15, 0.2) is 0 Å². The van der Waals surface area contributed by atoms with Crippen molar-refractivity contribution in [3.05, 3.63) is 34.9 Å². The van der Waals surface area contributed by atoms with Gasteiger partial charge in [0.2, 0.25) is 0 Å². The number of hydrogen-bond donors (Lipinski definition) is 2. The molecule has 0 aromatic carbocycles.